The minimum Gasteiger partial charge on any atom is -0.506 e. The number of hydrogen-bond acceptors (Lipinski definition) is 13. The third kappa shape index (κ3) is 4.54. The van der Waals surface area contributed by atoms with Gasteiger partial charge in [-0.05, 0) is 48.0 Å². The Balaban J connectivity index is 1.39. The number of aromatic hydroxyl groups is 1. The predicted molar refractivity (Wildman–Crippen MR) is 161 cm³/mol. The van der Waals surface area contributed by atoms with Gasteiger partial charge in [-0.2, -0.15) is 0 Å². The number of halogens is 1. The number of hydrogen-bond donors (Lipinski definition) is 5. The summed E-state index contributed by atoms with van der Waals surface area (Å²) in [5.74, 6) is -1.06. The fourth-order valence-corrected chi connectivity index (χ4v) is 6.85. The van der Waals surface area contributed by atoms with Crippen LogP contribution in [0.5, 0.6) is 11.5 Å². The Labute approximate surface area is 261 Å². The smallest absolute Gasteiger partial charge is 0.348 e. The van der Waals surface area contributed by atoms with Crippen molar-refractivity contribution in [1.29, 1.82) is 0 Å². The molecule has 2 saturated heterocycles. The molecule has 7 rings (SSSR count). The summed E-state index contributed by atoms with van der Waals surface area (Å²) in [5, 5.41) is 54.8. The van der Waals surface area contributed by atoms with Gasteiger partial charge in [-0.15, -0.1) is 0 Å². The van der Waals surface area contributed by atoms with Crippen molar-refractivity contribution in [2.24, 2.45) is 5.92 Å². The van der Waals surface area contributed by atoms with Crippen LogP contribution >= 0.6 is 15.9 Å². The fraction of sp³-hybridized carbons (Fsp3) is 0.419. The van der Waals surface area contributed by atoms with Crippen LogP contribution in [0, 0.1) is 5.92 Å². The van der Waals surface area contributed by atoms with E-state index in [1.54, 1.807) is 19.9 Å². The Kier molecular flexibility index (Phi) is 7.33. The molecule has 5 N–H and O–H groups in total. The first-order valence-corrected chi connectivity index (χ1v) is 15.1. The van der Waals surface area contributed by atoms with Gasteiger partial charge in [-0.1, -0.05) is 19.1 Å². The zero-order chi connectivity index (χ0) is 32.1. The van der Waals surface area contributed by atoms with Crippen LogP contribution in [-0.4, -0.2) is 80.8 Å². The van der Waals surface area contributed by atoms with Gasteiger partial charge in [0.25, 0.3) is 0 Å². The maximum Gasteiger partial charge on any atom is 0.348 e. The van der Waals surface area contributed by atoms with E-state index in [0.717, 1.165) is 0 Å². The summed E-state index contributed by atoms with van der Waals surface area (Å²) >= 11 is 3.35. The van der Waals surface area contributed by atoms with Crippen LogP contribution in [-0.2, 0) is 14.2 Å². The summed E-state index contributed by atoms with van der Waals surface area (Å²) in [7, 11) is 0. The molecule has 0 saturated carbocycles. The first-order chi connectivity index (χ1) is 21.4. The first-order valence-electron chi connectivity index (χ1n) is 14.3. The van der Waals surface area contributed by atoms with Crippen molar-refractivity contribution in [3.05, 3.63) is 55.6 Å². The molecule has 2 aliphatic heterocycles. The Bertz CT molecular complexity index is 2060. The molecule has 4 unspecified atom stereocenters. The monoisotopic (exact) mass is 688 g/mol. The number of phenolic OH excluding ortho intramolecular Hbond substituents is 1. The number of rotatable bonds is 4. The van der Waals surface area contributed by atoms with Crippen LogP contribution < -0.4 is 16.0 Å². The quantitative estimate of drug-likeness (QED) is 0.105. The van der Waals surface area contributed by atoms with Gasteiger partial charge < -0.3 is 53.3 Å². The Morgan fingerprint density at radius 3 is 2.18 bits per heavy atom. The highest BCUT2D eigenvalue weighted by Crippen LogP contribution is 2.46. The largest absolute Gasteiger partial charge is 0.506 e. The molecule has 238 valence electrons. The highest BCUT2D eigenvalue weighted by Gasteiger charge is 2.49. The normalized spacial score (nSPS) is 32.6. The van der Waals surface area contributed by atoms with E-state index >= 15 is 0 Å². The molecule has 14 heteroatoms. The number of phenols is 1. The van der Waals surface area contributed by atoms with E-state index in [-0.39, 0.29) is 49.2 Å². The lowest BCUT2D eigenvalue weighted by Gasteiger charge is -2.45. The molecule has 2 aliphatic rings. The van der Waals surface area contributed by atoms with E-state index in [4.69, 9.17) is 27.8 Å². The molecule has 45 heavy (non-hydrogen) atoms. The van der Waals surface area contributed by atoms with E-state index in [1.807, 2.05) is 0 Å². The van der Waals surface area contributed by atoms with Crippen LogP contribution in [0.25, 0.3) is 43.5 Å². The Morgan fingerprint density at radius 2 is 1.42 bits per heavy atom. The molecule has 0 aliphatic carbocycles. The second-order valence-corrected chi connectivity index (χ2v) is 12.5. The van der Waals surface area contributed by atoms with Crippen LogP contribution in [0.3, 0.4) is 0 Å². The molecule has 5 aromatic rings. The lowest BCUT2D eigenvalue weighted by atomic mass is 9.91. The second-order valence-electron chi connectivity index (χ2n) is 11.6. The average molecular weight is 689 g/mol. The van der Waals surface area contributed by atoms with Gasteiger partial charge in [0, 0.05) is 26.5 Å². The molecule has 0 radical (unpaired) electrons. The molecule has 2 aromatic heterocycles. The van der Waals surface area contributed by atoms with E-state index in [0.29, 0.717) is 4.47 Å². The van der Waals surface area contributed by atoms with Gasteiger partial charge >= 0.3 is 11.3 Å². The third-order valence-corrected chi connectivity index (χ3v) is 9.56. The summed E-state index contributed by atoms with van der Waals surface area (Å²) in [6.07, 6.45) is -11.1. The zero-order valence-corrected chi connectivity index (χ0v) is 25.6. The topological polar surface area (TPSA) is 198 Å². The molecule has 10 atom stereocenters. The molecular formula is C31H29BrO13. The van der Waals surface area contributed by atoms with Crippen molar-refractivity contribution in [2.75, 3.05) is 0 Å². The summed E-state index contributed by atoms with van der Waals surface area (Å²) in [4.78, 5) is 26.4. The van der Waals surface area contributed by atoms with Crippen molar-refractivity contribution in [3.63, 3.8) is 0 Å². The highest BCUT2D eigenvalue weighted by molar-refractivity contribution is 9.10. The second kappa shape index (κ2) is 10.9. The third-order valence-electron chi connectivity index (χ3n) is 8.90. The number of ether oxygens (including phenoxy) is 4. The van der Waals surface area contributed by atoms with Crippen molar-refractivity contribution in [3.8, 4) is 11.5 Å². The minimum atomic E-state index is -1.57. The van der Waals surface area contributed by atoms with Crippen LogP contribution in [0.1, 0.15) is 20.8 Å². The number of aliphatic hydroxyl groups excluding tert-OH is 4. The predicted octanol–water partition coefficient (Wildman–Crippen LogP) is 2.45. The molecule has 13 nitrogen and oxygen atoms in total. The molecule has 3 aromatic carbocycles. The summed E-state index contributed by atoms with van der Waals surface area (Å²) in [5.41, 5.74) is -1.54. The minimum absolute atomic E-state index is 0.0176. The molecule has 0 spiro atoms. The summed E-state index contributed by atoms with van der Waals surface area (Å²) in [6, 6.07) is 7.59. The number of fused-ring (bicyclic) bond motifs is 2. The average Bonchev–Trinajstić information content (AvgIpc) is 3.01. The molecule has 2 fully saturated rings. The Morgan fingerprint density at radius 1 is 0.733 bits per heavy atom. The lowest BCUT2D eigenvalue weighted by molar-refractivity contribution is -0.346. The van der Waals surface area contributed by atoms with Crippen LogP contribution in [0.2, 0.25) is 0 Å². The molecular weight excluding hydrogens is 660 g/mol. The van der Waals surface area contributed by atoms with E-state index in [1.165, 1.54) is 31.2 Å². The van der Waals surface area contributed by atoms with Crippen molar-refractivity contribution in [1.82, 2.24) is 0 Å². The van der Waals surface area contributed by atoms with Gasteiger partial charge in [0.1, 0.15) is 40.8 Å². The van der Waals surface area contributed by atoms with E-state index < -0.39 is 78.2 Å². The van der Waals surface area contributed by atoms with Crippen LogP contribution in [0.4, 0.5) is 0 Å². The van der Waals surface area contributed by atoms with Gasteiger partial charge in [0.05, 0.1) is 29.1 Å². The molecule has 0 amide bonds. The fourth-order valence-electron chi connectivity index (χ4n) is 6.36. The maximum atomic E-state index is 13.3. The van der Waals surface area contributed by atoms with Gasteiger partial charge in [-0.25, -0.2) is 9.59 Å². The number of benzene rings is 3. The Hall–Kier alpha value is -3.34. The van der Waals surface area contributed by atoms with Crippen molar-refractivity contribution >= 4 is 59.4 Å². The van der Waals surface area contributed by atoms with Crippen molar-refractivity contribution in [2.45, 2.75) is 76.1 Å². The summed E-state index contributed by atoms with van der Waals surface area (Å²) in [6.45, 7) is 4.75. The van der Waals surface area contributed by atoms with Crippen LogP contribution in [0.15, 0.2) is 53.2 Å². The molecule has 4 heterocycles. The maximum absolute atomic E-state index is 13.3. The SMILES string of the molecule is CC1O[C@H](OC2[C@H](Oc3cccc4c(O)c5c(=O)oc6ccc(Br)c7c(=O)oc(c34)c5c67)OC(C)[C@H](O)[C@@H]2O)[C@H](O)C(C)[C@H]1O. The standard InChI is InChI=1S/C31H29BrO13/c1-9-21(33)10(2)40-30(22(9)34)45-27-25(37)23(35)11(3)41-31(27)43-14-6-4-5-12-16(14)26-19-18-15(42-29(39)20(19)24(12)36)8-7-13(32)17(18)28(38)44-26/h4-11,21-23,25,27,30-31,33-37H,1-3H3/t9?,10?,11?,21-,22-,23+,25+,27?,30-,31+/m1/s1. The number of aliphatic hydroxyl groups is 4. The lowest BCUT2D eigenvalue weighted by Crippen LogP contribution is -2.62. The first kappa shape index (κ1) is 30.3. The summed E-state index contributed by atoms with van der Waals surface area (Å²) < 4.78 is 35.5. The van der Waals surface area contributed by atoms with E-state index in [2.05, 4.69) is 15.9 Å². The van der Waals surface area contributed by atoms with E-state index in [9.17, 15) is 35.1 Å². The van der Waals surface area contributed by atoms with Crippen molar-refractivity contribution < 1.29 is 53.3 Å². The highest BCUT2D eigenvalue weighted by atomic mass is 79.9. The van der Waals surface area contributed by atoms with Gasteiger partial charge in [0.15, 0.2) is 18.0 Å². The van der Waals surface area contributed by atoms with Gasteiger partial charge in [-0.3, -0.25) is 0 Å². The van der Waals surface area contributed by atoms with Gasteiger partial charge in [0.2, 0.25) is 6.29 Å². The zero-order valence-electron chi connectivity index (χ0n) is 24.0. The molecule has 0 bridgehead atoms.